The highest BCUT2D eigenvalue weighted by atomic mass is 35.5. The highest BCUT2D eigenvalue weighted by Gasteiger charge is 2.49. The van der Waals surface area contributed by atoms with Crippen molar-refractivity contribution in [2.24, 2.45) is 11.8 Å². The van der Waals surface area contributed by atoms with Crippen LogP contribution in [0, 0.1) is 17.7 Å². The van der Waals surface area contributed by atoms with Crippen LogP contribution in [0.4, 0.5) is 4.39 Å². The first-order valence-corrected chi connectivity index (χ1v) is 9.05. The average molecular weight is 354 g/mol. The van der Waals surface area contributed by atoms with Gasteiger partial charge in [-0.25, -0.2) is 4.39 Å². The SMILES string of the molecule is CC(=O)N[C@]1(C)C[C@H](c2ccc(Cl)cc2F)O[C@@H]2C[C@H](C)CC[C@H]21. The van der Waals surface area contributed by atoms with E-state index >= 15 is 0 Å². The number of nitrogens with one attached hydrogen (secondary N) is 1. The fourth-order valence-corrected chi connectivity index (χ4v) is 4.65. The number of amides is 1. The van der Waals surface area contributed by atoms with Crippen molar-refractivity contribution >= 4 is 17.5 Å². The van der Waals surface area contributed by atoms with Crippen LogP contribution in [0.2, 0.25) is 5.02 Å². The van der Waals surface area contributed by atoms with Crippen molar-refractivity contribution in [3.05, 3.63) is 34.6 Å². The summed E-state index contributed by atoms with van der Waals surface area (Å²) in [5.74, 6) is 0.456. The maximum Gasteiger partial charge on any atom is 0.217 e. The summed E-state index contributed by atoms with van der Waals surface area (Å²) in [5.41, 5.74) is 0.138. The van der Waals surface area contributed by atoms with Gasteiger partial charge < -0.3 is 10.1 Å². The largest absolute Gasteiger partial charge is 0.370 e. The molecule has 1 amide bonds. The molecule has 1 N–H and O–H groups in total. The van der Waals surface area contributed by atoms with Gasteiger partial charge in [0.25, 0.3) is 0 Å². The number of carbonyl (C=O) groups is 1. The van der Waals surface area contributed by atoms with Gasteiger partial charge in [0.05, 0.1) is 12.2 Å². The van der Waals surface area contributed by atoms with Crippen LogP contribution in [0.25, 0.3) is 0 Å². The molecular weight excluding hydrogens is 329 g/mol. The van der Waals surface area contributed by atoms with Crippen LogP contribution < -0.4 is 5.32 Å². The zero-order valence-corrected chi connectivity index (χ0v) is 15.2. The first-order valence-electron chi connectivity index (χ1n) is 8.67. The van der Waals surface area contributed by atoms with Crippen LogP contribution in [-0.4, -0.2) is 17.6 Å². The molecule has 2 aliphatic rings. The van der Waals surface area contributed by atoms with Gasteiger partial charge in [0.1, 0.15) is 5.82 Å². The van der Waals surface area contributed by atoms with Crippen molar-refractivity contribution in [1.82, 2.24) is 5.32 Å². The Morgan fingerprint density at radius 2 is 2.17 bits per heavy atom. The van der Waals surface area contributed by atoms with Crippen molar-refractivity contribution in [2.45, 2.75) is 64.2 Å². The first-order chi connectivity index (χ1) is 11.3. The predicted octanol–water partition coefficient (Wildman–Crippen LogP) is 4.64. The van der Waals surface area contributed by atoms with E-state index in [1.807, 2.05) is 0 Å². The van der Waals surface area contributed by atoms with E-state index in [1.54, 1.807) is 19.1 Å². The van der Waals surface area contributed by atoms with Crippen LogP contribution in [-0.2, 0) is 9.53 Å². The quantitative estimate of drug-likeness (QED) is 0.841. The molecule has 2 fully saturated rings. The molecule has 132 valence electrons. The second-order valence-electron chi connectivity index (χ2n) is 7.66. The number of hydrogen-bond donors (Lipinski definition) is 1. The molecule has 0 radical (unpaired) electrons. The third kappa shape index (κ3) is 3.45. The average Bonchev–Trinajstić information content (AvgIpc) is 2.45. The van der Waals surface area contributed by atoms with E-state index < -0.39 is 0 Å². The monoisotopic (exact) mass is 353 g/mol. The number of fused-ring (bicyclic) bond motifs is 1. The second kappa shape index (κ2) is 6.64. The van der Waals surface area contributed by atoms with Crippen LogP contribution in [0.3, 0.4) is 0 Å². The van der Waals surface area contributed by atoms with Gasteiger partial charge in [-0.2, -0.15) is 0 Å². The lowest BCUT2D eigenvalue weighted by Gasteiger charge is -2.52. The summed E-state index contributed by atoms with van der Waals surface area (Å²) in [6, 6.07) is 4.71. The number of carbonyl (C=O) groups excluding carboxylic acids is 1. The normalized spacial score (nSPS) is 36.0. The van der Waals surface area contributed by atoms with E-state index in [4.69, 9.17) is 16.3 Å². The maximum atomic E-state index is 14.4. The Kier molecular flexibility index (Phi) is 4.89. The van der Waals surface area contributed by atoms with Crippen molar-refractivity contribution < 1.29 is 13.9 Å². The number of ether oxygens (including phenoxy) is 1. The molecule has 0 bridgehead atoms. The van der Waals surface area contributed by atoms with Gasteiger partial charge in [0.2, 0.25) is 5.91 Å². The van der Waals surface area contributed by atoms with E-state index in [2.05, 4.69) is 19.2 Å². The van der Waals surface area contributed by atoms with Crippen LogP contribution >= 0.6 is 11.6 Å². The number of rotatable bonds is 2. The van der Waals surface area contributed by atoms with Gasteiger partial charge in [-0.15, -0.1) is 0 Å². The van der Waals surface area contributed by atoms with Crippen molar-refractivity contribution in [3.63, 3.8) is 0 Å². The Bertz CT molecular complexity index is 638. The summed E-state index contributed by atoms with van der Waals surface area (Å²) in [5, 5.41) is 3.51. The molecule has 5 heteroatoms. The summed E-state index contributed by atoms with van der Waals surface area (Å²) in [4.78, 5) is 11.8. The molecule has 1 aromatic carbocycles. The topological polar surface area (TPSA) is 38.3 Å². The zero-order chi connectivity index (χ0) is 17.5. The number of hydrogen-bond acceptors (Lipinski definition) is 2. The third-order valence-corrected chi connectivity index (χ3v) is 5.83. The Balaban J connectivity index is 1.93. The van der Waals surface area contributed by atoms with E-state index in [9.17, 15) is 9.18 Å². The van der Waals surface area contributed by atoms with Gasteiger partial charge in [0, 0.05) is 35.4 Å². The molecule has 1 aromatic rings. The lowest BCUT2D eigenvalue weighted by atomic mass is 9.66. The fraction of sp³-hybridized carbons (Fsp3) is 0.632. The van der Waals surface area contributed by atoms with Crippen molar-refractivity contribution in [3.8, 4) is 0 Å². The van der Waals surface area contributed by atoms with Crippen molar-refractivity contribution in [1.29, 1.82) is 0 Å². The molecule has 0 aromatic heterocycles. The lowest BCUT2D eigenvalue weighted by Crippen LogP contribution is -2.60. The Morgan fingerprint density at radius 3 is 2.83 bits per heavy atom. The number of halogens is 2. The predicted molar refractivity (Wildman–Crippen MR) is 92.4 cm³/mol. The molecule has 5 atom stereocenters. The zero-order valence-electron chi connectivity index (χ0n) is 14.4. The lowest BCUT2D eigenvalue weighted by molar-refractivity contribution is -0.153. The molecule has 3 nitrogen and oxygen atoms in total. The van der Waals surface area contributed by atoms with Crippen LogP contribution in [0.15, 0.2) is 18.2 Å². The Labute approximate surface area is 147 Å². The van der Waals surface area contributed by atoms with E-state index in [-0.39, 0.29) is 35.4 Å². The second-order valence-corrected chi connectivity index (χ2v) is 8.09. The van der Waals surface area contributed by atoms with E-state index in [1.165, 1.54) is 6.07 Å². The minimum absolute atomic E-state index is 0.0411. The summed E-state index contributed by atoms with van der Waals surface area (Å²) in [7, 11) is 0. The van der Waals surface area contributed by atoms with Gasteiger partial charge in [0.15, 0.2) is 0 Å². The minimum Gasteiger partial charge on any atom is -0.370 e. The van der Waals surface area contributed by atoms with Gasteiger partial charge in [-0.05, 0) is 37.8 Å². The molecule has 0 unspecified atom stereocenters. The molecule has 0 spiro atoms. The summed E-state index contributed by atoms with van der Waals surface area (Å²) in [6.07, 6.45) is 3.36. The van der Waals surface area contributed by atoms with Crippen LogP contribution in [0.5, 0.6) is 0 Å². The van der Waals surface area contributed by atoms with E-state index in [0.29, 0.717) is 22.9 Å². The molecule has 1 heterocycles. The van der Waals surface area contributed by atoms with Gasteiger partial charge >= 0.3 is 0 Å². The Hall–Kier alpha value is -1.13. The summed E-state index contributed by atoms with van der Waals surface area (Å²) < 4.78 is 20.7. The third-order valence-electron chi connectivity index (χ3n) is 5.59. The highest BCUT2D eigenvalue weighted by molar-refractivity contribution is 6.30. The van der Waals surface area contributed by atoms with Gasteiger partial charge in [-0.1, -0.05) is 31.0 Å². The standard InChI is InChI=1S/C19H25ClFNO2/c1-11-4-7-15-17(8-11)24-18(10-19(15,3)22-12(2)23)14-6-5-13(20)9-16(14)21/h5-6,9,11,15,17-18H,4,7-8,10H2,1-3H3,(H,22,23)/t11-,15-,17-,18-,19-/m1/s1. The van der Waals surface area contributed by atoms with E-state index in [0.717, 1.165) is 19.3 Å². The highest BCUT2D eigenvalue weighted by Crippen LogP contribution is 2.48. The molecule has 1 saturated carbocycles. The van der Waals surface area contributed by atoms with Crippen LogP contribution in [0.1, 0.15) is 58.1 Å². The smallest absolute Gasteiger partial charge is 0.217 e. The molecule has 1 aliphatic heterocycles. The molecule has 1 aliphatic carbocycles. The molecular formula is C19H25ClFNO2. The van der Waals surface area contributed by atoms with Gasteiger partial charge in [-0.3, -0.25) is 4.79 Å². The number of benzene rings is 1. The summed E-state index contributed by atoms with van der Waals surface area (Å²) >= 11 is 5.87. The molecule has 24 heavy (non-hydrogen) atoms. The fourth-order valence-electron chi connectivity index (χ4n) is 4.50. The first kappa shape index (κ1) is 17.7. The maximum absolute atomic E-state index is 14.4. The Morgan fingerprint density at radius 1 is 1.42 bits per heavy atom. The minimum atomic E-state index is -0.383. The molecule has 1 saturated heterocycles. The summed E-state index contributed by atoms with van der Waals surface area (Å²) in [6.45, 7) is 5.84. The molecule has 3 rings (SSSR count). The van der Waals surface area contributed by atoms with Crippen molar-refractivity contribution in [2.75, 3.05) is 0 Å².